The largest absolute Gasteiger partial charge is 0.386 e. The third-order valence-corrected chi connectivity index (χ3v) is 11.0. The van der Waals surface area contributed by atoms with E-state index in [1.807, 2.05) is 189 Å². The second kappa shape index (κ2) is 17.1. The average molecular weight is 771 g/mol. The average Bonchev–Trinajstić information content (AvgIpc) is 3.59. The van der Waals surface area contributed by atoms with Crippen molar-refractivity contribution >= 4 is 0 Å². The molecule has 8 nitrogen and oxygen atoms in total. The first-order valence-electron chi connectivity index (χ1n) is 19.8. The molecule has 0 aliphatic carbocycles. The predicted molar refractivity (Wildman–Crippen MR) is 224 cm³/mol. The Kier molecular flexibility index (Phi) is 11.4. The van der Waals surface area contributed by atoms with Crippen LogP contribution in [-0.2, 0) is 31.8 Å². The predicted octanol–water partition coefficient (Wildman–Crippen LogP) is 8.13. The minimum atomic E-state index is -1.39. The van der Waals surface area contributed by atoms with E-state index in [0.29, 0.717) is 18.4 Å². The van der Waals surface area contributed by atoms with Crippen molar-refractivity contribution in [2.75, 3.05) is 6.61 Å². The monoisotopic (exact) mass is 770 g/mol. The van der Waals surface area contributed by atoms with Crippen LogP contribution in [0.25, 0.3) is 0 Å². The minimum absolute atomic E-state index is 0.0642. The van der Waals surface area contributed by atoms with Gasteiger partial charge in [0.05, 0.1) is 6.61 Å². The summed E-state index contributed by atoms with van der Waals surface area (Å²) in [6.45, 7) is 1.90. The van der Waals surface area contributed by atoms with Gasteiger partial charge in [-0.1, -0.05) is 195 Å². The van der Waals surface area contributed by atoms with Gasteiger partial charge in [-0.05, 0) is 39.8 Å². The smallest absolute Gasteiger partial charge is 0.330 e. The van der Waals surface area contributed by atoms with Gasteiger partial charge in [-0.3, -0.25) is 14.3 Å². The number of aromatic amines is 1. The number of nitrogens with one attached hydrogen (secondary N) is 1. The van der Waals surface area contributed by atoms with E-state index >= 15 is 0 Å². The number of ether oxygens (including phenoxy) is 3. The van der Waals surface area contributed by atoms with Crippen LogP contribution < -0.4 is 11.2 Å². The highest BCUT2D eigenvalue weighted by atomic mass is 16.6. The molecule has 4 atom stereocenters. The van der Waals surface area contributed by atoms with E-state index in [9.17, 15) is 14.7 Å². The van der Waals surface area contributed by atoms with Crippen molar-refractivity contribution in [3.8, 4) is 0 Å². The zero-order valence-electron chi connectivity index (χ0n) is 32.3. The van der Waals surface area contributed by atoms with E-state index in [1.165, 1.54) is 10.8 Å². The fourth-order valence-electron chi connectivity index (χ4n) is 8.30. The Balaban J connectivity index is 1.31. The maximum Gasteiger partial charge on any atom is 0.330 e. The highest BCUT2D eigenvalue weighted by Gasteiger charge is 2.52. The van der Waals surface area contributed by atoms with Crippen molar-refractivity contribution in [3.05, 3.63) is 248 Å². The van der Waals surface area contributed by atoms with Gasteiger partial charge in [0.25, 0.3) is 5.56 Å². The number of hydrogen-bond donors (Lipinski definition) is 2. The van der Waals surface area contributed by atoms with Gasteiger partial charge in [0.1, 0.15) is 29.5 Å². The number of rotatable bonds is 14. The summed E-state index contributed by atoms with van der Waals surface area (Å²) in [5.74, 6) is 0. The number of aryl methyl sites for hydroxylation is 1. The number of aliphatic hydroxyl groups excluding tert-OH is 1. The third-order valence-electron chi connectivity index (χ3n) is 11.0. The lowest BCUT2D eigenvalue weighted by Gasteiger charge is -2.41. The van der Waals surface area contributed by atoms with E-state index in [2.05, 4.69) is 4.98 Å². The van der Waals surface area contributed by atoms with Crippen LogP contribution in [-0.4, -0.2) is 39.6 Å². The molecule has 2 heterocycles. The quantitative estimate of drug-likeness (QED) is 0.108. The highest BCUT2D eigenvalue weighted by Crippen LogP contribution is 2.46. The number of hydrogen-bond acceptors (Lipinski definition) is 6. The zero-order valence-corrected chi connectivity index (χ0v) is 32.3. The van der Waals surface area contributed by atoms with Crippen LogP contribution in [0.15, 0.2) is 198 Å². The Labute approximate surface area is 338 Å². The van der Waals surface area contributed by atoms with Crippen molar-refractivity contribution in [3.63, 3.8) is 0 Å². The standard InChI is InChI=1S/C50H46N2O6/c1-2-21-36-34-52(48(55)51-46(36)54)47-44(53)45(58-50(40-28-15-6-16-29-40,41-30-17-7-18-31-41)42-32-19-8-20-33-42)43(57-47)35-56-49(37-22-9-3-10-23-37,38-24-11-4-12-25-38)39-26-13-5-14-27-39/h3-20,22-34,43-45,47,53H,2,21,35H2,1H3,(H,51,54,55)/t43-,44-,45-,47-/m1/s1. The van der Waals surface area contributed by atoms with E-state index in [1.54, 1.807) is 0 Å². The van der Waals surface area contributed by atoms with Gasteiger partial charge in [0, 0.05) is 11.8 Å². The second-order valence-electron chi connectivity index (χ2n) is 14.6. The molecule has 8 heteroatoms. The minimum Gasteiger partial charge on any atom is -0.386 e. The van der Waals surface area contributed by atoms with E-state index < -0.39 is 47.0 Å². The maximum atomic E-state index is 13.6. The van der Waals surface area contributed by atoms with Crippen LogP contribution in [0.4, 0.5) is 0 Å². The van der Waals surface area contributed by atoms with Gasteiger partial charge in [0.2, 0.25) is 0 Å². The summed E-state index contributed by atoms with van der Waals surface area (Å²) in [6, 6.07) is 59.8. The molecule has 1 aliphatic rings. The van der Waals surface area contributed by atoms with Gasteiger partial charge in [0.15, 0.2) is 6.23 Å². The van der Waals surface area contributed by atoms with E-state index in [-0.39, 0.29) is 6.61 Å². The third kappa shape index (κ3) is 7.27. The van der Waals surface area contributed by atoms with Crippen LogP contribution in [0.3, 0.4) is 0 Å². The highest BCUT2D eigenvalue weighted by molar-refractivity contribution is 5.49. The maximum absolute atomic E-state index is 13.6. The van der Waals surface area contributed by atoms with Gasteiger partial charge in [-0.25, -0.2) is 4.79 Å². The van der Waals surface area contributed by atoms with Gasteiger partial charge in [-0.2, -0.15) is 0 Å². The van der Waals surface area contributed by atoms with Gasteiger partial charge < -0.3 is 19.3 Å². The summed E-state index contributed by atoms with van der Waals surface area (Å²) >= 11 is 0. The van der Waals surface area contributed by atoms with Crippen molar-refractivity contribution in [1.82, 2.24) is 9.55 Å². The number of aromatic nitrogens is 2. The molecule has 1 saturated heterocycles. The summed E-state index contributed by atoms with van der Waals surface area (Å²) in [4.78, 5) is 28.9. The van der Waals surface area contributed by atoms with Crippen molar-refractivity contribution in [2.24, 2.45) is 0 Å². The molecule has 8 rings (SSSR count). The van der Waals surface area contributed by atoms with Crippen molar-refractivity contribution in [1.29, 1.82) is 0 Å². The summed E-state index contributed by atoms with van der Waals surface area (Å²) in [7, 11) is 0. The number of aliphatic hydroxyl groups is 1. The Hall–Kier alpha value is -6.16. The first-order valence-corrected chi connectivity index (χ1v) is 19.8. The van der Waals surface area contributed by atoms with Crippen LogP contribution in [0, 0.1) is 0 Å². The molecule has 292 valence electrons. The van der Waals surface area contributed by atoms with Crippen molar-refractivity contribution < 1.29 is 19.3 Å². The normalized spacial score (nSPS) is 18.2. The molecule has 2 N–H and O–H groups in total. The molecule has 0 spiro atoms. The second-order valence-corrected chi connectivity index (χ2v) is 14.6. The molecule has 58 heavy (non-hydrogen) atoms. The summed E-state index contributed by atoms with van der Waals surface area (Å²) in [5.41, 5.74) is 2.10. The Bertz CT molecular complexity index is 2300. The van der Waals surface area contributed by atoms with Crippen LogP contribution >= 0.6 is 0 Å². The lowest BCUT2D eigenvalue weighted by molar-refractivity contribution is -0.131. The summed E-state index contributed by atoms with van der Waals surface area (Å²) < 4.78 is 22.9. The lowest BCUT2D eigenvalue weighted by atomic mass is 9.79. The molecule has 7 aromatic rings. The Morgan fingerprint density at radius 3 is 1.36 bits per heavy atom. The topological polar surface area (TPSA) is 103 Å². The number of benzene rings is 6. The summed E-state index contributed by atoms with van der Waals surface area (Å²) in [5, 5.41) is 12.6. The van der Waals surface area contributed by atoms with Crippen LogP contribution in [0.5, 0.6) is 0 Å². The molecule has 0 unspecified atom stereocenters. The molecular formula is C50H46N2O6. The molecule has 1 fully saturated rings. The molecule has 0 bridgehead atoms. The number of nitrogens with zero attached hydrogens (tertiary/aromatic N) is 1. The fourth-order valence-corrected chi connectivity index (χ4v) is 8.30. The van der Waals surface area contributed by atoms with Crippen molar-refractivity contribution in [2.45, 2.75) is 55.5 Å². The van der Waals surface area contributed by atoms with Crippen LogP contribution in [0.1, 0.15) is 58.5 Å². The molecule has 1 aromatic heterocycles. The first kappa shape index (κ1) is 38.7. The lowest BCUT2D eigenvalue weighted by Crippen LogP contribution is -2.47. The molecule has 0 saturated carbocycles. The molecule has 1 aliphatic heterocycles. The van der Waals surface area contributed by atoms with Crippen LogP contribution in [0.2, 0.25) is 0 Å². The summed E-state index contributed by atoms with van der Waals surface area (Å²) in [6.07, 6.45) is -1.98. The molecule has 0 radical (unpaired) electrons. The van der Waals surface area contributed by atoms with Gasteiger partial charge in [-0.15, -0.1) is 0 Å². The molecular weight excluding hydrogens is 725 g/mol. The number of H-pyrrole nitrogens is 1. The first-order chi connectivity index (χ1) is 28.5. The van der Waals surface area contributed by atoms with E-state index in [0.717, 1.165) is 33.4 Å². The zero-order chi connectivity index (χ0) is 40.0. The van der Waals surface area contributed by atoms with E-state index in [4.69, 9.17) is 14.2 Å². The molecule has 6 aromatic carbocycles. The Morgan fingerprint density at radius 2 is 0.983 bits per heavy atom. The van der Waals surface area contributed by atoms with Gasteiger partial charge >= 0.3 is 5.69 Å². The molecule has 0 amide bonds. The SMILES string of the molecule is CCCc1cn([C@@H]2O[C@H](COC(c3ccccc3)(c3ccccc3)c3ccccc3)[C@@H](OC(c3ccccc3)(c3ccccc3)c3ccccc3)[C@H]2O)c(=O)[nH]c1=O. The fraction of sp³-hybridized carbons (Fsp3) is 0.200. The Morgan fingerprint density at radius 1 is 0.603 bits per heavy atom.